The Morgan fingerprint density at radius 1 is 0.645 bits per heavy atom. The molecule has 0 atom stereocenters. The molecule has 2 aliphatic rings. The summed E-state index contributed by atoms with van der Waals surface area (Å²) in [5, 5.41) is 22.7. The summed E-state index contributed by atoms with van der Waals surface area (Å²) in [7, 11) is 2.76. The summed E-state index contributed by atoms with van der Waals surface area (Å²) in [6.07, 6.45) is 16.8. The van der Waals surface area contributed by atoms with Crippen molar-refractivity contribution in [1.29, 1.82) is 0 Å². The average Bonchev–Trinajstić information content (AvgIpc) is 3.91. The predicted octanol–water partition coefficient (Wildman–Crippen LogP) is 7.04. The Labute approximate surface area is 438 Å². The molecule has 10 rings (SSSR count). The van der Waals surface area contributed by atoms with Gasteiger partial charge in [-0.2, -0.15) is 0 Å². The zero-order valence-corrected chi connectivity index (χ0v) is 43.0. The fourth-order valence-corrected chi connectivity index (χ4v) is 11.0. The quantitative estimate of drug-likeness (QED) is 0.0692. The number of benzene rings is 2. The number of piperidine rings is 2. The normalized spacial score (nSPS) is 14.3. The Kier molecular flexibility index (Phi) is 16.8. The van der Waals surface area contributed by atoms with Gasteiger partial charge in [-0.1, -0.05) is 24.3 Å². The van der Waals surface area contributed by atoms with E-state index in [2.05, 4.69) is 26.9 Å². The minimum atomic E-state index is -0.345. The van der Waals surface area contributed by atoms with Crippen LogP contribution in [-0.2, 0) is 41.9 Å². The highest BCUT2D eigenvalue weighted by molar-refractivity contribution is 5.89. The van der Waals surface area contributed by atoms with E-state index in [-0.39, 0.29) is 55.4 Å². The third-order valence-electron chi connectivity index (χ3n) is 14.9. The SMILES string of the molecule is COC(=O)N1CCC(n2c(=O)n(Cc3ncc4cc(CN)ccc4c3CCCCO)c3cnccc32)CC1.[C-]#[N+]c1ccc2c(CCCCO)c(Cn3c(=O)n(C4CCN(C(=O)OC)CC4)c4ccncc43)ncc2c1. The van der Waals surface area contributed by atoms with Crippen molar-refractivity contribution in [1.82, 2.24) is 48.0 Å². The molecule has 396 valence electrons. The second kappa shape index (κ2) is 24.1. The number of carbonyl (C=O) groups is 2. The van der Waals surface area contributed by atoms with E-state index in [0.717, 1.165) is 91.0 Å². The van der Waals surface area contributed by atoms with E-state index in [4.69, 9.17) is 31.7 Å². The highest BCUT2D eigenvalue weighted by Crippen LogP contribution is 2.31. The number of pyridine rings is 4. The van der Waals surface area contributed by atoms with E-state index in [9.17, 15) is 29.4 Å². The van der Waals surface area contributed by atoms with Crippen LogP contribution in [0.1, 0.15) is 91.5 Å². The number of likely N-dealkylation sites (tertiary alicyclic amines) is 2. The highest BCUT2D eigenvalue weighted by Gasteiger charge is 2.30. The topological polar surface area (TPSA) is 235 Å². The summed E-state index contributed by atoms with van der Waals surface area (Å²) in [5.74, 6) is 0. The molecule has 20 nitrogen and oxygen atoms in total. The maximum atomic E-state index is 13.9. The first-order chi connectivity index (χ1) is 37.1. The second-order valence-electron chi connectivity index (χ2n) is 19.3. The number of methoxy groups -OCH3 is 2. The van der Waals surface area contributed by atoms with E-state index in [1.807, 2.05) is 45.7 Å². The van der Waals surface area contributed by atoms with Crippen molar-refractivity contribution in [3.05, 3.63) is 146 Å². The number of aromatic nitrogens is 8. The number of nitrogens with two attached hydrogens (primary N) is 1. The van der Waals surface area contributed by atoms with Crippen LogP contribution < -0.4 is 17.1 Å². The van der Waals surface area contributed by atoms with Gasteiger partial charge in [0.05, 0.1) is 79.7 Å². The van der Waals surface area contributed by atoms with Crippen LogP contribution in [0.25, 0.3) is 48.5 Å². The summed E-state index contributed by atoms with van der Waals surface area (Å²) >= 11 is 0. The smallest absolute Gasteiger partial charge is 0.409 e. The molecule has 0 saturated carbocycles. The van der Waals surface area contributed by atoms with Crippen molar-refractivity contribution in [3.63, 3.8) is 0 Å². The average molecular weight is 1030 g/mol. The summed E-state index contributed by atoms with van der Waals surface area (Å²) in [5.41, 5.74) is 14.1. The molecule has 0 spiro atoms. The lowest BCUT2D eigenvalue weighted by molar-refractivity contribution is 0.106. The van der Waals surface area contributed by atoms with Gasteiger partial charge in [0.1, 0.15) is 0 Å². The minimum absolute atomic E-state index is 0.0298. The third kappa shape index (κ3) is 10.9. The van der Waals surface area contributed by atoms with Crippen molar-refractivity contribution >= 4 is 61.5 Å². The first-order valence-electron chi connectivity index (χ1n) is 26.0. The number of rotatable bonds is 15. The van der Waals surface area contributed by atoms with Gasteiger partial charge in [-0.15, -0.1) is 0 Å². The molecule has 8 aromatic rings. The number of hydrogen-bond donors (Lipinski definition) is 3. The molecule has 76 heavy (non-hydrogen) atoms. The number of aliphatic hydroxyl groups is 2. The van der Waals surface area contributed by atoms with Crippen LogP contribution in [0, 0.1) is 6.57 Å². The predicted molar refractivity (Wildman–Crippen MR) is 288 cm³/mol. The van der Waals surface area contributed by atoms with Crippen molar-refractivity contribution in [3.8, 4) is 0 Å². The highest BCUT2D eigenvalue weighted by atomic mass is 16.5. The van der Waals surface area contributed by atoms with Gasteiger partial charge in [0.2, 0.25) is 0 Å². The fraction of sp³-hybridized carbons (Fsp3) is 0.411. The first kappa shape index (κ1) is 52.9. The summed E-state index contributed by atoms with van der Waals surface area (Å²) in [6.45, 7) is 10.8. The molecule has 0 unspecified atom stereocenters. The third-order valence-corrected chi connectivity index (χ3v) is 14.9. The van der Waals surface area contributed by atoms with Crippen LogP contribution >= 0.6 is 0 Å². The van der Waals surface area contributed by atoms with E-state index < -0.39 is 0 Å². The molecule has 0 aliphatic carbocycles. The number of carbonyl (C=O) groups excluding carboxylic acids is 2. The maximum Gasteiger partial charge on any atom is 0.409 e. The molecule has 2 fully saturated rings. The first-order valence-corrected chi connectivity index (χ1v) is 26.0. The van der Waals surface area contributed by atoms with Gasteiger partial charge in [0.25, 0.3) is 0 Å². The van der Waals surface area contributed by atoms with E-state index in [0.29, 0.717) is 89.9 Å². The van der Waals surface area contributed by atoms with Crippen molar-refractivity contribution in [2.24, 2.45) is 5.73 Å². The minimum Gasteiger partial charge on any atom is -0.453 e. The number of hydrogen-bond acceptors (Lipinski definition) is 13. The summed E-state index contributed by atoms with van der Waals surface area (Å²) < 4.78 is 16.9. The Balaban J connectivity index is 0.000000186. The van der Waals surface area contributed by atoms with Gasteiger partial charge in [-0.25, -0.2) is 24.0 Å². The van der Waals surface area contributed by atoms with Crippen molar-refractivity contribution < 1.29 is 29.3 Å². The summed E-state index contributed by atoms with van der Waals surface area (Å²) in [6, 6.07) is 15.4. The number of aryl methyl sites for hydroxylation is 2. The van der Waals surface area contributed by atoms with Crippen LogP contribution in [0.2, 0.25) is 0 Å². The lowest BCUT2D eigenvalue weighted by Gasteiger charge is -2.31. The van der Waals surface area contributed by atoms with Gasteiger partial charge in [0.15, 0.2) is 5.69 Å². The Hall–Kier alpha value is -7.99. The zero-order chi connectivity index (χ0) is 53.3. The van der Waals surface area contributed by atoms with Crippen LogP contribution in [0.5, 0.6) is 0 Å². The number of ether oxygens (including phenoxy) is 2. The largest absolute Gasteiger partial charge is 0.453 e. The Morgan fingerprint density at radius 3 is 1.54 bits per heavy atom. The lowest BCUT2D eigenvalue weighted by atomic mass is 9.98. The van der Waals surface area contributed by atoms with Crippen LogP contribution in [-0.4, -0.2) is 124 Å². The van der Waals surface area contributed by atoms with E-state index in [1.165, 1.54) is 14.2 Å². The second-order valence-corrected chi connectivity index (χ2v) is 19.3. The molecule has 0 bridgehead atoms. The van der Waals surface area contributed by atoms with Gasteiger partial charge in [-0.3, -0.25) is 38.2 Å². The number of aliphatic hydroxyl groups excluding tert-OH is 2. The fourth-order valence-electron chi connectivity index (χ4n) is 11.0. The number of fused-ring (bicyclic) bond motifs is 4. The van der Waals surface area contributed by atoms with Gasteiger partial charge < -0.3 is 35.2 Å². The van der Waals surface area contributed by atoms with Gasteiger partial charge in [0, 0.05) is 88.2 Å². The number of imidazole rings is 2. The lowest BCUT2D eigenvalue weighted by Crippen LogP contribution is -2.41. The molecule has 2 aliphatic heterocycles. The Bertz CT molecular complexity index is 3540. The molecule has 2 amide bonds. The van der Waals surface area contributed by atoms with Crippen LogP contribution in [0.4, 0.5) is 15.3 Å². The van der Waals surface area contributed by atoms with E-state index in [1.54, 1.807) is 56.0 Å². The standard InChI is InChI=1S/C28H30N6O4.C28H34N6O4/c1-29-20-6-7-22-19(15-20)16-31-24(23(22)5-3-4-14-35)18-33-26-17-30-11-8-25(26)34(27(33)36)21-9-12-32(13-10-21)28(37)38-2;1-38-28(37)32-11-8-21(9-12-32)34-25-7-10-30-17-26(25)33(27(34)36)18-24-23(4-2-3-13-35)22-6-5-19(15-29)14-20(22)16-31-24/h6-8,11,15-17,21,35H,3-5,9-10,12-14,18H2,2H3;5-7,10,14,16-17,21,35H,2-4,8-9,11-13,15,18,29H2,1H3. The van der Waals surface area contributed by atoms with Gasteiger partial charge >= 0.3 is 23.6 Å². The van der Waals surface area contributed by atoms with Crippen LogP contribution in [0.15, 0.2) is 95.3 Å². The molecular weight excluding hydrogens is 969 g/mol. The molecule has 4 N–H and O–H groups in total. The molecule has 2 saturated heterocycles. The van der Waals surface area contributed by atoms with Gasteiger partial charge in [-0.05, 0) is 121 Å². The van der Waals surface area contributed by atoms with Crippen molar-refractivity contribution in [2.75, 3.05) is 53.6 Å². The van der Waals surface area contributed by atoms with E-state index >= 15 is 0 Å². The molecule has 6 aromatic heterocycles. The zero-order valence-electron chi connectivity index (χ0n) is 43.0. The number of amides is 2. The molecular formula is C56H64N12O8. The number of nitrogens with zero attached hydrogens (tertiary/aromatic N) is 11. The van der Waals surface area contributed by atoms with Crippen molar-refractivity contribution in [2.45, 2.75) is 95.9 Å². The monoisotopic (exact) mass is 1030 g/mol. The molecule has 0 radical (unpaired) electrons. The summed E-state index contributed by atoms with van der Waals surface area (Å²) in [4.78, 5) is 76.7. The number of unbranched alkanes of at least 4 members (excludes halogenated alkanes) is 2. The maximum absolute atomic E-state index is 13.9. The molecule has 2 aromatic carbocycles. The Morgan fingerprint density at radius 2 is 1.11 bits per heavy atom. The molecule has 8 heterocycles. The molecule has 20 heteroatoms. The van der Waals surface area contributed by atoms with Crippen LogP contribution in [0.3, 0.4) is 0 Å².